The van der Waals surface area contributed by atoms with Gasteiger partial charge in [-0.3, -0.25) is 9.69 Å². The smallest absolute Gasteiger partial charge is 0.309 e. The van der Waals surface area contributed by atoms with Gasteiger partial charge in [-0.1, -0.05) is 35.9 Å². The molecule has 0 radical (unpaired) electrons. The third-order valence-corrected chi connectivity index (χ3v) is 6.95. The molecule has 6 heteroatoms. The van der Waals surface area contributed by atoms with E-state index in [-0.39, 0.29) is 23.6 Å². The van der Waals surface area contributed by atoms with E-state index in [4.69, 9.17) is 14.2 Å². The summed E-state index contributed by atoms with van der Waals surface area (Å²) in [4.78, 5) is 14.5. The number of phenolic OH excluding ortho intramolecular Hbond substituents is 1. The zero-order valence-electron chi connectivity index (χ0n) is 20.7. The highest BCUT2D eigenvalue weighted by Gasteiger charge is 2.26. The Balaban J connectivity index is 1.39. The van der Waals surface area contributed by atoms with E-state index in [0.717, 1.165) is 64.3 Å². The molecule has 0 bridgehead atoms. The van der Waals surface area contributed by atoms with Crippen LogP contribution in [-0.2, 0) is 20.7 Å². The molecule has 0 aromatic heterocycles. The van der Waals surface area contributed by atoms with Gasteiger partial charge >= 0.3 is 5.97 Å². The Kier molecular flexibility index (Phi) is 9.21. The van der Waals surface area contributed by atoms with Crippen LogP contribution in [0, 0.1) is 5.92 Å². The number of ether oxygens (including phenoxy) is 3. The van der Waals surface area contributed by atoms with Crippen LogP contribution >= 0.6 is 0 Å². The molecular formula is C29H37NO5. The van der Waals surface area contributed by atoms with Gasteiger partial charge in [-0.2, -0.15) is 0 Å². The summed E-state index contributed by atoms with van der Waals surface area (Å²) >= 11 is 0. The van der Waals surface area contributed by atoms with Crippen LogP contribution in [0.2, 0.25) is 0 Å². The second kappa shape index (κ2) is 12.8. The number of allylic oxidation sites excluding steroid dienone is 2. The normalized spacial score (nSPS) is 19.6. The molecule has 2 unspecified atom stereocenters. The summed E-state index contributed by atoms with van der Waals surface area (Å²) in [7, 11) is 0. The quantitative estimate of drug-likeness (QED) is 0.393. The van der Waals surface area contributed by atoms with Crippen molar-refractivity contribution in [2.75, 3.05) is 46.1 Å². The molecule has 1 N–H and O–H groups in total. The molecule has 1 heterocycles. The molecule has 1 fully saturated rings. The van der Waals surface area contributed by atoms with Gasteiger partial charge in [0.15, 0.2) is 0 Å². The second-order valence-corrected chi connectivity index (χ2v) is 9.30. The van der Waals surface area contributed by atoms with E-state index >= 15 is 0 Å². The topological polar surface area (TPSA) is 68.2 Å². The number of rotatable bonds is 10. The van der Waals surface area contributed by atoms with Crippen molar-refractivity contribution in [2.24, 2.45) is 5.92 Å². The van der Waals surface area contributed by atoms with Crippen LogP contribution < -0.4 is 4.74 Å². The van der Waals surface area contributed by atoms with Crippen molar-refractivity contribution in [3.05, 3.63) is 71.3 Å². The molecule has 4 rings (SSSR count). The molecule has 0 amide bonds. The maximum absolute atomic E-state index is 12.2. The number of carbonyl (C=O) groups excluding carboxylic acids is 1. The Morgan fingerprint density at radius 3 is 2.51 bits per heavy atom. The molecule has 35 heavy (non-hydrogen) atoms. The molecule has 0 spiro atoms. The van der Waals surface area contributed by atoms with Crippen molar-refractivity contribution in [1.82, 2.24) is 4.90 Å². The third-order valence-electron chi connectivity index (χ3n) is 6.95. The number of carbonyl (C=O) groups is 1. The average molecular weight is 480 g/mol. The minimum absolute atomic E-state index is 0.0481. The summed E-state index contributed by atoms with van der Waals surface area (Å²) in [6.07, 6.45) is 5.49. The number of aromatic hydroxyl groups is 1. The summed E-state index contributed by atoms with van der Waals surface area (Å²) in [5.74, 6) is 1.22. The lowest BCUT2D eigenvalue weighted by molar-refractivity contribution is -0.148. The zero-order valence-corrected chi connectivity index (χ0v) is 20.7. The molecule has 2 aromatic rings. The molecule has 0 saturated carbocycles. The Bertz CT molecular complexity index is 964. The number of morpholine rings is 1. The van der Waals surface area contributed by atoms with Gasteiger partial charge in [0, 0.05) is 25.6 Å². The van der Waals surface area contributed by atoms with Crippen LogP contribution in [-0.4, -0.2) is 62.0 Å². The first kappa shape index (κ1) is 25.3. The van der Waals surface area contributed by atoms with E-state index in [0.29, 0.717) is 13.2 Å². The van der Waals surface area contributed by atoms with E-state index in [1.807, 2.05) is 19.1 Å². The lowest BCUT2D eigenvalue weighted by atomic mass is 9.78. The van der Waals surface area contributed by atoms with Gasteiger partial charge in [0.2, 0.25) is 0 Å². The highest BCUT2D eigenvalue weighted by Crippen LogP contribution is 2.37. The minimum atomic E-state index is -0.0896. The molecule has 2 aromatic carbocycles. The van der Waals surface area contributed by atoms with Crippen molar-refractivity contribution in [3.8, 4) is 11.5 Å². The number of phenols is 1. The van der Waals surface area contributed by atoms with Crippen LogP contribution in [0.15, 0.2) is 60.2 Å². The first-order valence-corrected chi connectivity index (χ1v) is 12.8. The van der Waals surface area contributed by atoms with Crippen LogP contribution in [0.4, 0.5) is 0 Å². The monoisotopic (exact) mass is 479 g/mol. The third kappa shape index (κ3) is 7.33. The number of hydrogen-bond donors (Lipinski definition) is 1. The summed E-state index contributed by atoms with van der Waals surface area (Å²) < 4.78 is 16.6. The number of nitrogens with zero attached hydrogens (tertiary/aromatic N) is 1. The first-order chi connectivity index (χ1) is 17.1. The van der Waals surface area contributed by atoms with Gasteiger partial charge in [0.1, 0.15) is 18.1 Å². The van der Waals surface area contributed by atoms with Crippen molar-refractivity contribution in [2.45, 2.75) is 38.5 Å². The maximum atomic E-state index is 12.2. The van der Waals surface area contributed by atoms with Crippen LogP contribution in [0.1, 0.15) is 43.2 Å². The highest BCUT2D eigenvalue weighted by molar-refractivity contribution is 5.73. The minimum Gasteiger partial charge on any atom is -0.508 e. The van der Waals surface area contributed by atoms with Gasteiger partial charge in [-0.25, -0.2) is 0 Å². The molecule has 1 aliphatic heterocycles. The van der Waals surface area contributed by atoms with Crippen LogP contribution in [0.3, 0.4) is 0 Å². The Morgan fingerprint density at radius 1 is 1.11 bits per heavy atom. The summed E-state index contributed by atoms with van der Waals surface area (Å²) in [5.41, 5.74) is 3.76. The van der Waals surface area contributed by atoms with Crippen LogP contribution in [0.5, 0.6) is 11.5 Å². The van der Waals surface area contributed by atoms with E-state index in [1.54, 1.807) is 12.1 Å². The van der Waals surface area contributed by atoms with Gasteiger partial charge in [-0.15, -0.1) is 0 Å². The van der Waals surface area contributed by atoms with Crippen LogP contribution in [0.25, 0.3) is 0 Å². The van der Waals surface area contributed by atoms with Gasteiger partial charge in [0.25, 0.3) is 0 Å². The molecular weight excluding hydrogens is 442 g/mol. The lowest BCUT2D eigenvalue weighted by Gasteiger charge is -2.27. The summed E-state index contributed by atoms with van der Waals surface area (Å²) in [5, 5.41) is 9.78. The lowest BCUT2D eigenvalue weighted by Crippen LogP contribution is -2.38. The fourth-order valence-corrected chi connectivity index (χ4v) is 4.89. The molecule has 188 valence electrons. The standard InChI is InChI=1S/C29H37NO5/c1-2-34-29(32)25-7-5-23(6-8-25)28(24-9-11-26(31)12-10-24)21-22-3-13-27(14-4-22)35-20-17-30-15-18-33-19-16-30/h3-5,9-14,25,28,31H,2,6-8,15-21H2,1H3. The van der Waals surface area contributed by atoms with Gasteiger partial charge in [0.05, 0.1) is 25.7 Å². The Morgan fingerprint density at radius 2 is 1.86 bits per heavy atom. The molecule has 6 nitrogen and oxygen atoms in total. The van der Waals surface area contributed by atoms with E-state index in [2.05, 4.69) is 35.2 Å². The van der Waals surface area contributed by atoms with Crippen molar-refractivity contribution in [1.29, 1.82) is 0 Å². The van der Waals surface area contributed by atoms with E-state index in [1.165, 1.54) is 16.7 Å². The zero-order chi connectivity index (χ0) is 24.5. The van der Waals surface area contributed by atoms with Crippen molar-refractivity contribution >= 4 is 5.97 Å². The van der Waals surface area contributed by atoms with Crippen molar-refractivity contribution < 1.29 is 24.1 Å². The Labute approximate surface area is 208 Å². The largest absolute Gasteiger partial charge is 0.508 e. The first-order valence-electron chi connectivity index (χ1n) is 12.8. The molecule has 2 aliphatic rings. The fourth-order valence-electron chi connectivity index (χ4n) is 4.89. The number of hydrogen-bond acceptors (Lipinski definition) is 6. The predicted molar refractivity (Wildman–Crippen MR) is 136 cm³/mol. The highest BCUT2D eigenvalue weighted by atomic mass is 16.5. The van der Waals surface area contributed by atoms with E-state index < -0.39 is 0 Å². The number of benzene rings is 2. The van der Waals surface area contributed by atoms with E-state index in [9.17, 15) is 9.90 Å². The Hall–Kier alpha value is -2.83. The second-order valence-electron chi connectivity index (χ2n) is 9.30. The molecule has 1 aliphatic carbocycles. The summed E-state index contributed by atoms with van der Waals surface area (Å²) in [6, 6.07) is 15.9. The molecule has 1 saturated heterocycles. The van der Waals surface area contributed by atoms with Crippen molar-refractivity contribution in [3.63, 3.8) is 0 Å². The predicted octanol–water partition coefficient (Wildman–Crippen LogP) is 4.72. The maximum Gasteiger partial charge on any atom is 0.309 e. The van der Waals surface area contributed by atoms with Gasteiger partial charge < -0.3 is 19.3 Å². The average Bonchev–Trinajstić information content (AvgIpc) is 2.90. The van der Waals surface area contributed by atoms with Gasteiger partial charge in [-0.05, 0) is 68.0 Å². The number of esters is 1. The molecule has 2 atom stereocenters. The SMILES string of the molecule is CCOC(=O)C1CC=C(C(Cc2ccc(OCCN3CCOCC3)cc2)c2ccc(O)cc2)CC1. The fraction of sp³-hybridized carbons (Fsp3) is 0.483. The summed E-state index contributed by atoms with van der Waals surface area (Å²) in [6.45, 7) is 7.40.